The average Bonchev–Trinajstić information content (AvgIpc) is 3.04. The smallest absolute Gasteiger partial charge is 0.317 e. The van der Waals surface area contributed by atoms with Crippen molar-refractivity contribution in [2.24, 2.45) is 5.11 Å². The maximum Gasteiger partial charge on any atom is 0.317 e. The molecule has 0 saturated carbocycles. The lowest BCUT2D eigenvalue weighted by atomic mass is 10.2. The molecule has 2 N–H and O–H groups in total. The molecule has 1 aliphatic heterocycles. The molecule has 0 aromatic carbocycles. The summed E-state index contributed by atoms with van der Waals surface area (Å²) in [6.07, 6.45) is 0. The molecule has 50 heavy (non-hydrogen) atoms. The normalized spacial score (nSPS) is 16.3. The Morgan fingerprint density at radius 2 is 1.16 bits per heavy atom. The molecular formula is C36H55N9O4Si. The molecule has 2 aromatic rings. The molecule has 1 fully saturated rings. The Hall–Kier alpha value is -3.83. The molecule has 14 heteroatoms. The molecule has 0 spiro atoms. The summed E-state index contributed by atoms with van der Waals surface area (Å²) in [5.74, 6) is 1.70. The number of hydrogen-bond donors (Lipinski definition) is 2. The topological polar surface area (TPSA) is 162 Å². The number of azide groups is 1. The Kier molecular flexibility index (Phi) is 16.3. The fraction of sp³-hybridized carbons (Fsp3) is 0.611. The van der Waals surface area contributed by atoms with Gasteiger partial charge >= 0.3 is 11.9 Å². The van der Waals surface area contributed by atoms with E-state index in [-0.39, 0.29) is 19.6 Å². The largest absolute Gasteiger partial charge is 0.480 e. The highest BCUT2D eigenvalue weighted by atomic mass is 28.3. The van der Waals surface area contributed by atoms with Crippen LogP contribution in [0, 0.1) is 11.5 Å². The second-order valence-corrected chi connectivity index (χ2v) is 19.6. The number of nitrogens with zero attached hydrogens (tertiary/aromatic N) is 9. The number of hydrogen-bond acceptors (Lipinski definition) is 9. The number of carboxylic acids is 2. The number of rotatable bonds is 13. The van der Waals surface area contributed by atoms with Gasteiger partial charge in [-0.25, -0.2) is 4.98 Å². The van der Waals surface area contributed by atoms with Crippen molar-refractivity contribution >= 4 is 20.0 Å². The van der Waals surface area contributed by atoms with Crippen LogP contribution in [0.15, 0.2) is 41.5 Å². The van der Waals surface area contributed by atoms with Crippen LogP contribution in [0.25, 0.3) is 10.4 Å². The Morgan fingerprint density at radius 1 is 0.740 bits per heavy atom. The van der Waals surface area contributed by atoms with E-state index < -0.39 is 20.0 Å². The minimum Gasteiger partial charge on any atom is -0.480 e. The van der Waals surface area contributed by atoms with Gasteiger partial charge in [0, 0.05) is 76.1 Å². The van der Waals surface area contributed by atoms with Crippen LogP contribution in [-0.2, 0) is 29.2 Å². The first-order valence-electron chi connectivity index (χ1n) is 17.6. The van der Waals surface area contributed by atoms with Crippen LogP contribution >= 0.6 is 0 Å². The van der Waals surface area contributed by atoms with Crippen molar-refractivity contribution in [2.75, 3.05) is 65.4 Å². The molecule has 3 heterocycles. The van der Waals surface area contributed by atoms with Crippen LogP contribution in [0.5, 0.6) is 0 Å². The van der Waals surface area contributed by atoms with E-state index in [1.807, 2.05) is 40.1 Å². The third-order valence-electron chi connectivity index (χ3n) is 9.66. The highest BCUT2D eigenvalue weighted by Gasteiger charge is 2.41. The van der Waals surface area contributed by atoms with E-state index in [1.165, 1.54) is 0 Å². The van der Waals surface area contributed by atoms with Crippen LogP contribution in [0.2, 0.25) is 16.6 Å². The van der Waals surface area contributed by atoms with Crippen LogP contribution in [-0.4, -0.2) is 125 Å². The first kappa shape index (κ1) is 40.6. The monoisotopic (exact) mass is 705 g/mol. The number of carboxylic acid groups (broad SMARTS) is 2. The second kappa shape index (κ2) is 20.1. The predicted molar refractivity (Wildman–Crippen MR) is 198 cm³/mol. The highest BCUT2D eigenvalue weighted by molar-refractivity contribution is 6.90. The minimum atomic E-state index is -1.92. The maximum absolute atomic E-state index is 11.9. The summed E-state index contributed by atoms with van der Waals surface area (Å²) in [6, 6.07) is 11.5. The van der Waals surface area contributed by atoms with Crippen molar-refractivity contribution in [3.05, 3.63) is 69.6 Å². The first-order valence-corrected chi connectivity index (χ1v) is 19.8. The van der Waals surface area contributed by atoms with Crippen molar-refractivity contribution in [1.82, 2.24) is 29.6 Å². The van der Waals surface area contributed by atoms with Crippen LogP contribution < -0.4 is 0 Å². The summed E-state index contributed by atoms with van der Waals surface area (Å²) in [5.41, 5.74) is 17.1. The summed E-state index contributed by atoms with van der Waals surface area (Å²) in [6.45, 7) is 19.3. The van der Waals surface area contributed by atoms with Crippen LogP contribution in [0.1, 0.15) is 64.3 Å². The molecule has 0 unspecified atom stereocenters. The first-order chi connectivity index (χ1) is 23.8. The molecular weight excluding hydrogens is 651 g/mol. The minimum absolute atomic E-state index is 0.0801. The third kappa shape index (κ3) is 12.8. The van der Waals surface area contributed by atoms with Gasteiger partial charge in [0.2, 0.25) is 0 Å². The van der Waals surface area contributed by atoms with E-state index in [2.05, 4.69) is 77.8 Å². The Balaban J connectivity index is 1.83. The zero-order chi connectivity index (χ0) is 36.7. The molecule has 13 nitrogen and oxygen atoms in total. The van der Waals surface area contributed by atoms with Crippen LogP contribution in [0.3, 0.4) is 0 Å². The maximum atomic E-state index is 11.9. The van der Waals surface area contributed by atoms with Gasteiger partial charge < -0.3 is 10.2 Å². The van der Waals surface area contributed by atoms with E-state index in [0.29, 0.717) is 87.8 Å². The quantitative estimate of drug-likeness (QED) is 0.0959. The number of pyridine rings is 2. The lowest BCUT2D eigenvalue weighted by Gasteiger charge is -2.38. The average molecular weight is 706 g/mol. The standard InChI is InChI=1S/C36H55N9O4Si/c1-28(2)50(29(3)4,30(5)6)22-13-31-9-7-11-33(39-31)24-42-14-18-44(26-35(46)47)20-16-43(17-21-45(19-15-42)27-36(48)49)25-34-12-8-10-32(40-34)23-38-41-37/h7-12,28-30H,14-21,23-27H2,1-6H3,(H,46,47)(H,48,49). The van der Waals surface area contributed by atoms with Gasteiger partial charge in [0.15, 0.2) is 0 Å². The van der Waals surface area contributed by atoms with Gasteiger partial charge in [-0.05, 0) is 46.4 Å². The van der Waals surface area contributed by atoms with Crippen molar-refractivity contribution in [3.63, 3.8) is 0 Å². The molecule has 0 radical (unpaired) electrons. The number of aliphatic carboxylic acids is 2. The van der Waals surface area contributed by atoms with Gasteiger partial charge in [-0.1, -0.05) is 64.7 Å². The van der Waals surface area contributed by atoms with Gasteiger partial charge in [0.25, 0.3) is 0 Å². The SMILES string of the molecule is CC(C)[Si](C#Cc1cccc(CN2CCN(CC(=O)O)CCN(Cc3cccc(CN=[N+]=[N-])n3)CCN(CC(=O)O)CC2)n1)(C(C)C)C(C)C. The molecule has 2 aromatic heterocycles. The fourth-order valence-electron chi connectivity index (χ4n) is 7.10. The molecule has 0 aliphatic carbocycles. The lowest BCUT2D eigenvalue weighted by molar-refractivity contribution is -0.139. The Bertz CT molecular complexity index is 1470. The van der Waals surface area contributed by atoms with E-state index in [4.69, 9.17) is 10.5 Å². The van der Waals surface area contributed by atoms with E-state index >= 15 is 0 Å². The molecule has 0 atom stereocenters. The summed E-state index contributed by atoms with van der Waals surface area (Å²) in [7, 11) is -1.92. The van der Waals surface area contributed by atoms with Crippen molar-refractivity contribution < 1.29 is 19.8 Å². The molecule has 0 bridgehead atoms. The van der Waals surface area contributed by atoms with Crippen molar-refractivity contribution in [3.8, 4) is 11.5 Å². The lowest BCUT2D eigenvalue weighted by Crippen LogP contribution is -2.47. The number of carbonyl (C=O) groups is 2. The van der Waals surface area contributed by atoms with E-state index in [1.54, 1.807) is 6.07 Å². The zero-order valence-electron chi connectivity index (χ0n) is 30.6. The van der Waals surface area contributed by atoms with E-state index in [9.17, 15) is 19.8 Å². The van der Waals surface area contributed by atoms with Crippen molar-refractivity contribution in [1.29, 1.82) is 0 Å². The molecule has 3 rings (SSSR count). The Labute approximate surface area is 298 Å². The third-order valence-corrected chi connectivity index (χ3v) is 15.9. The van der Waals surface area contributed by atoms with E-state index in [0.717, 1.165) is 17.1 Å². The van der Waals surface area contributed by atoms with Gasteiger partial charge in [-0.3, -0.25) is 34.2 Å². The molecule has 0 amide bonds. The Morgan fingerprint density at radius 3 is 1.60 bits per heavy atom. The fourth-order valence-corrected chi connectivity index (χ4v) is 12.3. The zero-order valence-corrected chi connectivity index (χ0v) is 31.6. The van der Waals surface area contributed by atoms with Gasteiger partial charge in [-0.15, -0.1) is 5.54 Å². The number of aromatic nitrogens is 2. The highest BCUT2D eigenvalue weighted by Crippen LogP contribution is 2.40. The predicted octanol–water partition coefficient (Wildman–Crippen LogP) is 4.95. The van der Waals surface area contributed by atoms with Crippen LogP contribution in [0.4, 0.5) is 0 Å². The second-order valence-electron chi connectivity index (χ2n) is 14.1. The summed E-state index contributed by atoms with van der Waals surface area (Å²) < 4.78 is 0. The molecule has 1 aliphatic rings. The summed E-state index contributed by atoms with van der Waals surface area (Å²) in [5, 5.41) is 23.1. The molecule has 1 saturated heterocycles. The summed E-state index contributed by atoms with van der Waals surface area (Å²) >= 11 is 0. The summed E-state index contributed by atoms with van der Waals surface area (Å²) in [4.78, 5) is 44.4. The van der Waals surface area contributed by atoms with Gasteiger partial charge in [0.1, 0.15) is 13.8 Å². The van der Waals surface area contributed by atoms with Gasteiger partial charge in [0.05, 0.1) is 31.0 Å². The van der Waals surface area contributed by atoms with Crippen molar-refractivity contribution in [2.45, 2.75) is 77.8 Å². The van der Waals surface area contributed by atoms with Gasteiger partial charge in [-0.2, -0.15) is 0 Å². The molecule has 272 valence electrons.